The average molecular weight is 359 g/mol. The van der Waals surface area contributed by atoms with Crippen LogP contribution in [-0.2, 0) is 17.5 Å². The van der Waals surface area contributed by atoms with E-state index in [1.165, 1.54) is 0 Å². The van der Waals surface area contributed by atoms with Crippen LogP contribution < -0.4 is 10.9 Å². The number of nitrogens with one attached hydrogen (secondary N) is 1. The quantitative estimate of drug-likeness (QED) is 0.908. The van der Waals surface area contributed by atoms with Crippen molar-refractivity contribution < 1.29 is 18.0 Å². The van der Waals surface area contributed by atoms with Crippen molar-refractivity contribution in [3.63, 3.8) is 0 Å². The maximum atomic E-state index is 12.8. The second-order valence-electron chi connectivity index (χ2n) is 5.37. The summed E-state index contributed by atoms with van der Waals surface area (Å²) in [6.07, 6.45) is -4.08. The zero-order valence-corrected chi connectivity index (χ0v) is 13.6. The molecule has 0 saturated heterocycles. The number of anilines is 1. The van der Waals surface area contributed by atoms with E-state index in [4.69, 9.17) is 11.6 Å². The minimum Gasteiger partial charge on any atom is -0.324 e. The van der Waals surface area contributed by atoms with Crippen LogP contribution in [0.2, 0.25) is 5.02 Å². The number of aromatic nitrogens is 1. The van der Waals surface area contributed by atoms with Gasteiger partial charge in [0.25, 0.3) is 5.56 Å². The van der Waals surface area contributed by atoms with Crippen molar-refractivity contribution in [1.29, 1.82) is 0 Å². The molecule has 0 aliphatic rings. The molecule has 0 unspecified atom stereocenters. The highest BCUT2D eigenvalue weighted by Gasteiger charge is 2.32. The molecule has 1 N–H and O–H groups in total. The van der Waals surface area contributed by atoms with E-state index in [2.05, 4.69) is 5.32 Å². The van der Waals surface area contributed by atoms with Gasteiger partial charge in [-0.3, -0.25) is 9.59 Å². The summed E-state index contributed by atoms with van der Waals surface area (Å²) in [7, 11) is 0. The van der Waals surface area contributed by atoms with Crippen LogP contribution in [0.25, 0.3) is 0 Å². The van der Waals surface area contributed by atoms with Gasteiger partial charge in [0.15, 0.2) is 0 Å². The Morgan fingerprint density at radius 2 is 1.92 bits per heavy atom. The number of aryl methyl sites for hydroxylation is 2. The fourth-order valence-corrected chi connectivity index (χ4v) is 2.31. The molecule has 8 heteroatoms. The Morgan fingerprint density at radius 1 is 1.25 bits per heavy atom. The average Bonchev–Trinajstić information content (AvgIpc) is 2.46. The molecule has 1 amide bonds. The lowest BCUT2D eigenvalue weighted by Gasteiger charge is -2.13. The fourth-order valence-electron chi connectivity index (χ4n) is 2.09. The Morgan fingerprint density at radius 3 is 2.54 bits per heavy atom. The van der Waals surface area contributed by atoms with E-state index in [0.29, 0.717) is 22.5 Å². The minimum atomic E-state index is -4.66. The molecule has 1 aromatic carbocycles. The molecule has 4 nitrogen and oxygen atoms in total. The number of nitrogens with zero attached hydrogens (tertiary/aromatic N) is 1. The number of pyridine rings is 1. The molecule has 0 fully saturated rings. The van der Waals surface area contributed by atoms with Crippen molar-refractivity contribution in [2.75, 3.05) is 5.32 Å². The SMILES string of the molecule is Cc1ccc(C)c(NC(=O)Cn2cc(C(F)(F)F)cc(Cl)c2=O)c1. The number of amides is 1. The Bertz CT molecular complexity index is 844. The Balaban J connectivity index is 2.27. The number of benzene rings is 1. The molecule has 2 rings (SSSR count). The molecule has 0 bridgehead atoms. The van der Waals surface area contributed by atoms with Gasteiger partial charge >= 0.3 is 6.18 Å². The molecule has 24 heavy (non-hydrogen) atoms. The van der Waals surface area contributed by atoms with Crippen LogP contribution in [0.3, 0.4) is 0 Å². The lowest BCUT2D eigenvalue weighted by Crippen LogP contribution is -2.29. The monoisotopic (exact) mass is 358 g/mol. The van der Waals surface area contributed by atoms with Crippen molar-refractivity contribution in [3.05, 3.63) is 62.5 Å². The van der Waals surface area contributed by atoms with Gasteiger partial charge in [-0.2, -0.15) is 13.2 Å². The third kappa shape index (κ3) is 4.17. The van der Waals surface area contributed by atoms with Crippen molar-refractivity contribution in [2.24, 2.45) is 0 Å². The first-order chi connectivity index (χ1) is 11.1. The van der Waals surface area contributed by atoms with Crippen LogP contribution in [0.4, 0.5) is 18.9 Å². The standard InChI is InChI=1S/C16H14ClF3N2O2/c1-9-3-4-10(2)13(5-9)21-14(23)8-22-7-11(16(18,19)20)6-12(17)15(22)24/h3-7H,8H2,1-2H3,(H,21,23). The molecule has 128 valence electrons. The van der Waals surface area contributed by atoms with Crippen molar-refractivity contribution >= 4 is 23.2 Å². The summed E-state index contributed by atoms with van der Waals surface area (Å²) in [6, 6.07) is 5.94. The van der Waals surface area contributed by atoms with Crippen LogP contribution in [-0.4, -0.2) is 10.5 Å². The van der Waals surface area contributed by atoms with Gasteiger partial charge in [-0.1, -0.05) is 23.7 Å². The van der Waals surface area contributed by atoms with Gasteiger partial charge in [0.2, 0.25) is 5.91 Å². The zero-order chi connectivity index (χ0) is 18.1. The molecule has 0 atom stereocenters. The molecule has 1 heterocycles. The first-order valence-electron chi connectivity index (χ1n) is 6.92. The van der Waals surface area contributed by atoms with Gasteiger partial charge in [-0.25, -0.2) is 0 Å². The van der Waals surface area contributed by atoms with E-state index in [0.717, 1.165) is 11.1 Å². The topological polar surface area (TPSA) is 51.1 Å². The summed E-state index contributed by atoms with van der Waals surface area (Å²) in [6.45, 7) is 3.05. The highest BCUT2D eigenvalue weighted by molar-refractivity contribution is 6.30. The van der Waals surface area contributed by atoms with Crippen molar-refractivity contribution in [2.45, 2.75) is 26.6 Å². The van der Waals surface area contributed by atoms with Crippen LogP contribution in [0.1, 0.15) is 16.7 Å². The third-order valence-corrected chi connectivity index (χ3v) is 3.62. The number of rotatable bonds is 3. The first-order valence-corrected chi connectivity index (χ1v) is 7.30. The predicted molar refractivity (Wildman–Crippen MR) is 85.3 cm³/mol. The van der Waals surface area contributed by atoms with E-state index < -0.39 is 34.8 Å². The van der Waals surface area contributed by atoms with E-state index in [9.17, 15) is 22.8 Å². The van der Waals surface area contributed by atoms with Gasteiger partial charge in [0, 0.05) is 11.9 Å². The van der Waals surface area contributed by atoms with E-state index in [1.54, 1.807) is 19.1 Å². The molecule has 1 aromatic heterocycles. The van der Waals surface area contributed by atoms with Crippen LogP contribution in [0.5, 0.6) is 0 Å². The van der Waals surface area contributed by atoms with Crippen molar-refractivity contribution in [1.82, 2.24) is 4.57 Å². The maximum Gasteiger partial charge on any atom is 0.417 e. The summed E-state index contributed by atoms with van der Waals surface area (Å²) in [5, 5.41) is 1.99. The predicted octanol–water partition coefficient (Wildman–Crippen LogP) is 3.78. The molecule has 0 spiro atoms. The normalized spacial score (nSPS) is 11.4. The number of carbonyl (C=O) groups excluding carboxylic acids is 1. The lowest BCUT2D eigenvalue weighted by atomic mass is 10.1. The lowest BCUT2D eigenvalue weighted by molar-refractivity contribution is -0.138. The summed E-state index contributed by atoms with van der Waals surface area (Å²) < 4.78 is 39.0. The summed E-state index contributed by atoms with van der Waals surface area (Å²) in [5.41, 5.74) is 0.289. The zero-order valence-electron chi connectivity index (χ0n) is 12.9. The Kier molecular flexibility index (Phi) is 5.03. The van der Waals surface area contributed by atoms with Crippen LogP contribution in [0, 0.1) is 13.8 Å². The molecule has 0 aliphatic carbocycles. The van der Waals surface area contributed by atoms with Gasteiger partial charge in [-0.05, 0) is 37.1 Å². The molecule has 2 aromatic rings. The fraction of sp³-hybridized carbons (Fsp3) is 0.250. The Hall–Kier alpha value is -2.28. The summed E-state index contributed by atoms with van der Waals surface area (Å²) in [4.78, 5) is 23.9. The number of carbonyl (C=O) groups is 1. The minimum absolute atomic E-state index is 0.533. The van der Waals surface area contributed by atoms with E-state index in [1.807, 2.05) is 13.0 Å². The second-order valence-corrected chi connectivity index (χ2v) is 5.78. The van der Waals surface area contributed by atoms with E-state index in [-0.39, 0.29) is 0 Å². The second kappa shape index (κ2) is 6.68. The Labute approximate surface area is 140 Å². The third-order valence-electron chi connectivity index (χ3n) is 3.35. The first kappa shape index (κ1) is 18.1. The highest BCUT2D eigenvalue weighted by Crippen LogP contribution is 2.29. The largest absolute Gasteiger partial charge is 0.417 e. The van der Waals surface area contributed by atoms with Crippen LogP contribution >= 0.6 is 11.6 Å². The molecular weight excluding hydrogens is 345 g/mol. The van der Waals surface area contributed by atoms with Gasteiger partial charge in [0.05, 0.1) is 5.56 Å². The molecular formula is C16H14ClF3N2O2. The molecule has 0 saturated carbocycles. The number of halogens is 4. The molecule has 0 aliphatic heterocycles. The maximum absolute atomic E-state index is 12.8. The van der Waals surface area contributed by atoms with Gasteiger partial charge < -0.3 is 9.88 Å². The van der Waals surface area contributed by atoms with Crippen molar-refractivity contribution in [3.8, 4) is 0 Å². The van der Waals surface area contributed by atoms with E-state index >= 15 is 0 Å². The molecule has 0 radical (unpaired) electrons. The van der Waals surface area contributed by atoms with Crippen LogP contribution in [0.15, 0.2) is 35.3 Å². The smallest absolute Gasteiger partial charge is 0.324 e. The van der Waals surface area contributed by atoms with Gasteiger partial charge in [-0.15, -0.1) is 0 Å². The van der Waals surface area contributed by atoms with Gasteiger partial charge in [0.1, 0.15) is 11.6 Å². The number of hydrogen-bond acceptors (Lipinski definition) is 2. The summed E-state index contributed by atoms with van der Waals surface area (Å²) in [5.74, 6) is -0.624. The number of alkyl halides is 3. The summed E-state index contributed by atoms with van der Waals surface area (Å²) >= 11 is 5.55. The highest BCUT2D eigenvalue weighted by atomic mass is 35.5. The number of hydrogen-bond donors (Lipinski definition) is 1.